The Kier molecular flexibility index (Phi) is 7.97. The minimum atomic E-state index is -0.262. The number of ether oxygens (including phenoxy) is 3. The summed E-state index contributed by atoms with van der Waals surface area (Å²) in [5.74, 6) is 1.29. The van der Waals surface area contributed by atoms with Crippen LogP contribution in [-0.2, 0) is 22.5 Å². The lowest BCUT2D eigenvalue weighted by molar-refractivity contribution is -0.140. The second kappa shape index (κ2) is 10.9. The van der Waals surface area contributed by atoms with Gasteiger partial charge in [-0.15, -0.1) is 0 Å². The van der Waals surface area contributed by atoms with Gasteiger partial charge in [0.2, 0.25) is 0 Å². The van der Waals surface area contributed by atoms with Crippen molar-refractivity contribution in [2.45, 2.75) is 38.6 Å². The summed E-state index contributed by atoms with van der Waals surface area (Å²) in [7, 11) is 3.07. The van der Waals surface area contributed by atoms with Crippen LogP contribution in [0.2, 0.25) is 0 Å². The van der Waals surface area contributed by atoms with Gasteiger partial charge in [-0.25, -0.2) is 0 Å². The topological polar surface area (TPSA) is 68.2 Å². The van der Waals surface area contributed by atoms with Crippen LogP contribution in [0.5, 0.6) is 17.2 Å². The second-order valence-corrected chi connectivity index (χ2v) is 7.54. The molecule has 0 spiro atoms. The molecule has 1 saturated heterocycles. The minimum absolute atomic E-state index is 0.0975. The highest BCUT2D eigenvalue weighted by molar-refractivity contribution is 5.69. The summed E-state index contributed by atoms with van der Waals surface area (Å²) in [6.45, 7) is 3.55. The number of hydrogen-bond acceptors (Lipinski definition) is 6. The van der Waals surface area contributed by atoms with E-state index in [1.165, 1.54) is 31.6 Å². The van der Waals surface area contributed by atoms with E-state index in [9.17, 15) is 9.90 Å². The number of aromatic hydroxyl groups is 1. The Morgan fingerprint density at radius 3 is 2.70 bits per heavy atom. The van der Waals surface area contributed by atoms with E-state index in [4.69, 9.17) is 9.47 Å². The maximum absolute atomic E-state index is 11.2. The summed E-state index contributed by atoms with van der Waals surface area (Å²) in [6.07, 6.45) is 3.97. The molecule has 161 valence electrons. The molecule has 1 N–H and O–H groups in total. The fourth-order valence-corrected chi connectivity index (χ4v) is 3.68. The molecule has 6 nitrogen and oxygen atoms in total. The summed E-state index contributed by atoms with van der Waals surface area (Å²) >= 11 is 0. The first-order valence-electron chi connectivity index (χ1n) is 10.4. The average Bonchev–Trinajstić information content (AvgIpc) is 3.26. The first-order valence-corrected chi connectivity index (χ1v) is 10.4. The molecule has 1 radical (unpaired) electrons. The minimum Gasteiger partial charge on any atom is -0.508 e. The zero-order valence-electron chi connectivity index (χ0n) is 17.8. The highest BCUT2D eigenvalue weighted by Gasteiger charge is 2.15. The second-order valence-electron chi connectivity index (χ2n) is 7.54. The van der Waals surface area contributed by atoms with Crippen LogP contribution in [0.15, 0.2) is 30.3 Å². The standard InChI is InChI=1S/C24H30NO5/c1-28-22-15-18(7-8-20(22)17-25-11-3-4-12-25)14-19-9-10-21(26)16-23(19)30-13-5-6-24(27)29-2/h7-8,10,15-16,26H,3-6,11-14,17H2,1-2H3. The van der Waals surface area contributed by atoms with Crippen molar-refractivity contribution in [3.8, 4) is 17.2 Å². The van der Waals surface area contributed by atoms with Crippen molar-refractivity contribution in [2.75, 3.05) is 33.9 Å². The van der Waals surface area contributed by atoms with Gasteiger partial charge in [-0.1, -0.05) is 12.1 Å². The Labute approximate surface area is 178 Å². The van der Waals surface area contributed by atoms with Gasteiger partial charge in [0.1, 0.15) is 17.2 Å². The van der Waals surface area contributed by atoms with Gasteiger partial charge < -0.3 is 19.3 Å². The monoisotopic (exact) mass is 412 g/mol. The van der Waals surface area contributed by atoms with Gasteiger partial charge in [-0.3, -0.25) is 9.69 Å². The predicted octanol–water partition coefficient (Wildman–Crippen LogP) is 3.72. The van der Waals surface area contributed by atoms with Gasteiger partial charge in [-0.2, -0.15) is 0 Å². The van der Waals surface area contributed by atoms with E-state index in [-0.39, 0.29) is 11.7 Å². The van der Waals surface area contributed by atoms with Crippen molar-refractivity contribution in [1.82, 2.24) is 4.90 Å². The molecule has 0 saturated carbocycles. The van der Waals surface area contributed by atoms with Gasteiger partial charge >= 0.3 is 5.97 Å². The van der Waals surface area contributed by atoms with E-state index in [0.29, 0.717) is 31.6 Å². The SMILES string of the molecule is COC(=O)CCCOc1cc(O)c[c]c1Cc1ccc(CN2CCCC2)c(OC)c1. The Morgan fingerprint density at radius 1 is 1.17 bits per heavy atom. The first kappa shape index (κ1) is 22.0. The summed E-state index contributed by atoms with van der Waals surface area (Å²) in [5, 5.41) is 9.83. The number of nitrogens with zero attached hydrogens (tertiary/aromatic N) is 1. The lowest BCUT2D eigenvalue weighted by Crippen LogP contribution is -2.18. The van der Waals surface area contributed by atoms with E-state index in [1.807, 2.05) is 0 Å². The van der Waals surface area contributed by atoms with Crippen LogP contribution in [0.1, 0.15) is 42.4 Å². The largest absolute Gasteiger partial charge is 0.508 e. The number of benzene rings is 2. The third kappa shape index (κ3) is 6.13. The smallest absolute Gasteiger partial charge is 0.305 e. The predicted molar refractivity (Wildman–Crippen MR) is 114 cm³/mol. The van der Waals surface area contributed by atoms with Crippen LogP contribution in [-0.4, -0.2) is 49.9 Å². The highest BCUT2D eigenvalue weighted by Crippen LogP contribution is 2.29. The Bertz CT molecular complexity index is 845. The van der Waals surface area contributed by atoms with Crippen LogP contribution >= 0.6 is 0 Å². The number of carbonyl (C=O) groups excluding carboxylic acids is 1. The van der Waals surface area contributed by atoms with E-state index in [1.54, 1.807) is 13.2 Å². The lowest BCUT2D eigenvalue weighted by atomic mass is 10.0. The molecule has 6 heteroatoms. The lowest BCUT2D eigenvalue weighted by Gasteiger charge is -2.18. The van der Waals surface area contributed by atoms with Crippen LogP contribution < -0.4 is 9.47 Å². The molecule has 2 aromatic rings. The van der Waals surface area contributed by atoms with Crippen molar-refractivity contribution in [2.24, 2.45) is 0 Å². The van der Waals surface area contributed by atoms with Crippen LogP contribution in [0.4, 0.5) is 0 Å². The molecule has 2 aromatic carbocycles. The summed E-state index contributed by atoms with van der Waals surface area (Å²) in [5.41, 5.74) is 3.12. The molecule has 0 amide bonds. The number of esters is 1. The number of phenols is 1. The van der Waals surface area contributed by atoms with Crippen LogP contribution in [0.3, 0.4) is 0 Å². The number of carbonyl (C=O) groups is 1. The van der Waals surface area contributed by atoms with Gasteiger partial charge in [0.05, 0.1) is 20.8 Å². The maximum atomic E-state index is 11.2. The van der Waals surface area contributed by atoms with Crippen molar-refractivity contribution in [3.63, 3.8) is 0 Å². The van der Waals surface area contributed by atoms with E-state index in [0.717, 1.165) is 36.5 Å². The molecular formula is C24H30NO5. The molecule has 0 unspecified atom stereocenters. The Balaban J connectivity index is 1.68. The quantitative estimate of drug-likeness (QED) is 0.474. The number of rotatable bonds is 10. The molecule has 3 rings (SSSR count). The highest BCUT2D eigenvalue weighted by atomic mass is 16.5. The fraction of sp³-hybridized carbons (Fsp3) is 0.458. The average molecular weight is 413 g/mol. The molecule has 1 fully saturated rings. The third-order valence-electron chi connectivity index (χ3n) is 5.31. The molecule has 0 bridgehead atoms. The molecular weight excluding hydrogens is 382 g/mol. The van der Waals surface area contributed by atoms with Crippen LogP contribution in [0.25, 0.3) is 0 Å². The molecule has 30 heavy (non-hydrogen) atoms. The first-order chi connectivity index (χ1) is 14.6. The van der Waals surface area contributed by atoms with Crippen molar-refractivity contribution in [1.29, 1.82) is 0 Å². The zero-order valence-corrected chi connectivity index (χ0v) is 17.8. The normalized spacial score (nSPS) is 13.9. The number of methoxy groups -OCH3 is 2. The summed E-state index contributed by atoms with van der Waals surface area (Å²) < 4.78 is 16.1. The van der Waals surface area contributed by atoms with Crippen LogP contribution in [0, 0.1) is 6.07 Å². The van der Waals surface area contributed by atoms with Gasteiger partial charge in [0.25, 0.3) is 0 Å². The fourth-order valence-electron chi connectivity index (χ4n) is 3.68. The van der Waals surface area contributed by atoms with Crippen molar-refractivity contribution in [3.05, 3.63) is 53.1 Å². The van der Waals surface area contributed by atoms with Gasteiger partial charge in [-0.05, 0) is 56.1 Å². The third-order valence-corrected chi connectivity index (χ3v) is 5.31. The van der Waals surface area contributed by atoms with E-state index >= 15 is 0 Å². The Hall–Kier alpha value is -2.73. The molecule has 0 atom stereocenters. The number of likely N-dealkylation sites (tertiary alicyclic amines) is 1. The Morgan fingerprint density at radius 2 is 1.97 bits per heavy atom. The van der Waals surface area contributed by atoms with Gasteiger partial charge in [0.15, 0.2) is 0 Å². The van der Waals surface area contributed by atoms with Crippen molar-refractivity contribution < 1.29 is 24.1 Å². The maximum Gasteiger partial charge on any atom is 0.305 e. The van der Waals surface area contributed by atoms with E-state index < -0.39 is 0 Å². The number of phenolic OH excluding ortho intramolecular Hbond substituents is 1. The van der Waals surface area contributed by atoms with Gasteiger partial charge in [0, 0.05) is 36.6 Å². The number of hydrogen-bond donors (Lipinski definition) is 1. The summed E-state index contributed by atoms with van der Waals surface area (Å²) in [4.78, 5) is 13.7. The molecule has 0 aliphatic carbocycles. The molecule has 1 aliphatic rings. The molecule has 1 heterocycles. The zero-order chi connectivity index (χ0) is 21.3. The molecule has 0 aromatic heterocycles. The summed E-state index contributed by atoms with van der Waals surface area (Å²) in [6, 6.07) is 12.5. The molecule has 1 aliphatic heterocycles. The van der Waals surface area contributed by atoms with Crippen molar-refractivity contribution >= 4 is 5.97 Å². The van der Waals surface area contributed by atoms with E-state index in [2.05, 4.69) is 33.9 Å².